The van der Waals surface area contributed by atoms with E-state index >= 15 is 0 Å². The van der Waals surface area contributed by atoms with Gasteiger partial charge in [0.1, 0.15) is 5.82 Å². The maximum atomic E-state index is 12.8. The monoisotopic (exact) mass is 253 g/mol. The van der Waals surface area contributed by atoms with Crippen molar-refractivity contribution in [2.75, 3.05) is 18.1 Å². The second-order valence-corrected chi connectivity index (χ2v) is 6.02. The third kappa shape index (κ3) is 4.32. The summed E-state index contributed by atoms with van der Waals surface area (Å²) >= 11 is 2.06. The van der Waals surface area contributed by atoms with Crippen LogP contribution in [0.4, 0.5) is 4.39 Å². The highest BCUT2D eigenvalue weighted by molar-refractivity contribution is 7.99. The average Bonchev–Trinajstić information content (AvgIpc) is 2.83. The van der Waals surface area contributed by atoms with Gasteiger partial charge in [0.05, 0.1) is 0 Å². The Labute approximate surface area is 107 Å². The molecule has 1 aromatic rings. The topological polar surface area (TPSA) is 12.0 Å². The zero-order valence-corrected chi connectivity index (χ0v) is 11.1. The minimum atomic E-state index is -0.155. The predicted octanol–water partition coefficient (Wildman–Crippen LogP) is 3.10. The van der Waals surface area contributed by atoms with Crippen LogP contribution in [0.25, 0.3) is 0 Å². The summed E-state index contributed by atoms with van der Waals surface area (Å²) in [6.07, 6.45) is 2.32. The molecule has 1 N–H and O–H groups in total. The van der Waals surface area contributed by atoms with Crippen LogP contribution in [0.5, 0.6) is 0 Å². The van der Waals surface area contributed by atoms with E-state index in [2.05, 4.69) is 24.0 Å². The molecule has 0 radical (unpaired) electrons. The molecule has 2 unspecified atom stereocenters. The Morgan fingerprint density at radius 1 is 1.41 bits per heavy atom. The van der Waals surface area contributed by atoms with Gasteiger partial charge in [0.2, 0.25) is 0 Å². The molecule has 0 spiro atoms. The Morgan fingerprint density at radius 2 is 2.18 bits per heavy atom. The van der Waals surface area contributed by atoms with Gasteiger partial charge in [-0.3, -0.25) is 0 Å². The van der Waals surface area contributed by atoms with Crippen molar-refractivity contribution in [3.63, 3.8) is 0 Å². The van der Waals surface area contributed by atoms with Gasteiger partial charge in [0.15, 0.2) is 0 Å². The minimum Gasteiger partial charge on any atom is -0.314 e. The summed E-state index contributed by atoms with van der Waals surface area (Å²) in [5.74, 6) is 3.31. The molecule has 1 aliphatic heterocycles. The molecule has 0 aliphatic carbocycles. The lowest BCUT2D eigenvalue weighted by Gasteiger charge is -2.16. The summed E-state index contributed by atoms with van der Waals surface area (Å²) in [6.45, 7) is 3.32. The largest absolute Gasteiger partial charge is 0.314 e. The number of hydrogen-bond acceptors (Lipinski definition) is 2. The van der Waals surface area contributed by atoms with Crippen LogP contribution < -0.4 is 5.32 Å². The van der Waals surface area contributed by atoms with E-state index in [1.165, 1.54) is 35.6 Å². The fraction of sp³-hybridized carbons (Fsp3) is 0.571. The van der Waals surface area contributed by atoms with Gasteiger partial charge in [-0.1, -0.05) is 12.1 Å². The lowest BCUT2D eigenvalue weighted by Crippen LogP contribution is -2.32. The molecule has 0 aromatic heterocycles. The number of benzene rings is 1. The van der Waals surface area contributed by atoms with E-state index in [0.717, 1.165) is 18.9 Å². The molecule has 3 heteroatoms. The van der Waals surface area contributed by atoms with Crippen molar-refractivity contribution < 1.29 is 4.39 Å². The van der Waals surface area contributed by atoms with E-state index in [4.69, 9.17) is 0 Å². The molecule has 2 rings (SSSR count). The first-order chi connectivity index (χ1) is 8.24. The van der Waals surface area contributed by atoms with Gasteiger partial charge in [-0.05, 0) is 61.4 Å². The summed E-state index contributed by atoms with van der Waals surface area (Å²) in [5, 5.41) is 3.58. The Bertz CT molecular complexity index is 333. The first-order valence-electron chi connectivity index (χ1n) is 6.29. The van der Waals surface area contributed by atoms with Crippen LogP contribution in [0.2, 0.25) is 0 Å². The van der Waals surface area contributed by atoms with Crippen LogP contribution in [0.1, 0.15) is 18.9 Å². The van der Waals surface area contributed by atoms with Crippen molar-refractivity contribution in [3.05, 3.63) is 35.6 Å². The molecule has 1 heterocycles. The van der Waals surface area contributed by atoms with Gasteiger partial charge >= 0.3 is 0 Å². The fourth-order valence-electron chi connectivity index (χ4n) is 2.16. The zero-order chi connectivity index (χ0) is 12.1. The fourth-order valence-corrected chi connectivity index (χ4v) is 3.44. The molecule has 17 heavy (non-hydrogen) atoms. The maximum absolute atomic E-state index is 12.8. The molecule has 2 atom stereocenters. The van der Waals surface area contributed by atoms with Gasteiger partial charge < -0.3 is 5.32 Å². The van der Waals surface area contributed by atoms with E-state index in [1.807, 2.05) is 12.1 Å². The van der Waals surface area contributed by atoms with Crippen molar-refractivity contribution in [2.45, 2.75) is 25.8 Å². The molecule has 1 aliphatic rings. The summed E-state index contributed by atoms with van der Waals surface area (Å²) < 4.78 is 12.8. The Hall–Kier alpha value is -0.540. The predicted molar refractivity (Wildman–Crippen MR) is 73.0 cm³/mol. The van der Waals surface area contributed by atoms with Gasteiger partial charge in [-0.15, -0.1) is 0 Å². The van der Waals surface area contributed by atoms with Gasteiger partial charge in [-0.25, -0.2) is 4.39 Å². The highest BCUT2D eigenvalue weighted by Gasteiger charge is 2.15. The Kier molecular flexibility index (Phi) is 4.86. The highest BCUT2D eigenvalue weighted by atomic mass is 32.2. The first-order valence-corrected chi connectivity index (χ1v) is 7.45. The van der Waals surface area contributed by atoms with Crippen molar-refractivity contribution in [3.8, 4) is 0 Å². The van der Waals surface area contributed by atoms with Gasteiger partial charge in [-0.2, -0.15) is 11.8 Å². The van der Waals surface area contributed by atoms with Crippen LogP contribution in [-0.4, -0.2) is 24.1 Å². The van der Waals surface area contributed by atoms with E-state index in [-0.39, 0.29) is 5.82 Å². The normalized spacial score (nSPS) is 21.6. The standard InChI is InChI=1S/C14H20FNS/c1-11(16-9-13-6-7-17-10-13)8-12-2-4-14(15)5-3-12/h2-5,11,13,16H,6-10H2,1H3. The number of hydrogen-bond donors (Lipinski definition) is 1. The number of thioether (sulfide) groups is 1. The van der Waals surface area contributed by atoms with E-state index in [9.17, 15) is 4.39 Å². The Morgan fingerprint density at radius 3 is 2.82 bits per heavy atom. The quantitative estimate of drug-likeness (QED) is 0.865. The number of halogens is 1. The third-order valence-electron chi connectivity index (χ3n) is 3.23. The molecule has 1 fully saturated rings. The molecule has 94 valence electrons. The summed E-state index contributed by atoms with van der Waals surface area (Å²) in [4.78, 5) is 0. The molecular weight excluding hydrogens is 233 g/mol. The maximum Gasteiger partial charge on any atom is 0.123 e. The van der Waals surface area contributed by atoms with E-state index in [1.54, 1.807) is 0 Å². The smallest absolute Gasteiger partial charge is 0.123 e. The SMILES string of the molecule is CC(Cc1ccc(F)cc1)NCC1CCSC1. The van der Waals surface area contributed by atoms with E-state index in [0.29, 0.717) is 6.04 Å². The summed E-state index contributed by atoms with van der Waals surface area (Å²) in [7, 11) is 0. The molecule has 0 amide bonds. The van der Waals surface area contributed by atoms with Crippen molar-refractivity contribution >= 4 is 11.8 Å². The average molecular weight is 253 g/mol. The molecule has 0 saturated carbocycles. The summed E-state index contributed by atoms with van der Waals surface area (Å²) in [5.41, 5.74) is 1.20. The van der Waals surface area contributed by atoms with Gasteiger partial charge in [0, 0.05) is 6.04 Å². The van der Waals surface area contributed by atoms with Crippen molar-refractivity contribution in [1.29, 1.82) is 0 Å². The first kappa shape index (κ1) is 12.9. The number of rotatable bonds is 5. The van der Waals surface area contributed by atoms with Crippen LogP contribution >= 0.6 is 11.8 Å². The van der Waals surface area contributed by atoms with Crippen LogP contribution in [0.15, 0.2) is 24.3 Å². The zero-order valence-electron chi connectivity index (χ0n) is 10.3. The van der Waals surface area contributed by atoms with Crippen LogP contribution in [-0.2, 0) is 6.42 Å². The molecule has 1 nitrogen and oxygen atoms in total. The molecule has 0 bridgehead atoms. The van der Waals surface area contributed by atoms with Crippen molar-refractivity contribution in [2.24, 2.45) is 5.92 Å². The number of nitrogens with one attached hydrogen (secondary N) is 1. The highest BCUT2D eigenvalue weighted by Crippen LogP contribution is 2.22. The third-order valence-corrected chi connectivity index (χ3v) is 4.47. The molecular formula is C14H20FNS. The molecule has 1 saturated heterocycles. The minimum absolute atomic E-state index is 0.155. The summed E-state index contributed by atoms with van der Waals surface area (Å²) in [6, 6.07) is 7.29. The second kappa shape index (κ2) is 6.41. The van der Waals surface area contributed by atoms with E-state index < -0.39 is 0 Å². The van der Waals surface area contributed by atoms with Gasteiger partial charge in [0.25, 0.3) is 0 Å². The second-order valence-electron chi connectivity index (χ2n) is 4.87. The molecule has 1 aromatic carbocycles. The van der Waals surface area contributed by atoms with Crippen LogP contribution in [0, 0.1) is 11.7 Å². The lowest BCUT2D eigenvalue weighted by molar-refractivity contribution is 0.466. The Balaban J connectivity index is 1.72. The van der Waals surface area contributed by atoms with Crippen molar-refractivity contribution in [1.82, 2.24) is 5.32 Å². The van der Waals surface area contributed by atoms with Crippen LogP contribution in [0.3, 0.4) is 0 Å². The lowest BCUT2D eigenvalue weighted by atomic mass is 10.1.